The van der Waals surface area contributed by atoms with Gasteiger partial charge < -0.3 is 23.7 Å². The molecule has 0 fully saturated rings. The van der Waals surface area contributed by atoms with Crippen LogP contribution in [-0.4, -0.2) is 43.4 Å². The number of halogens is 3. The topological polar surface area (TPSA) is 115 Å². The Balaban J connectivity index is 1.56. The predicted octanol–water partition coefficient (Wildman–Crippen LogP) is 5.88. The van der Waals surface area contributed by atoms with Gasteiger partial charge in [-0.05, 0) is 95.9 Å². The Labute approximate surface area is 298 Å². The number of rotatable bonds is 12. The van der Waals surface area contributed by atoms with Gasteiger partial charge in [-0.15, -0.1) is 0 Å². The first-order valence-corrected chi connectivity index (χ1v) is 17.1. The first-order chi connectivity index (χ1) is 23.5. The Hall–Kier alpha value is -4.46. The molecule has 1 atom stereocenters. The number of benzene rings is 3. The van der Waals surface area contributed by atoms with Crippen molar-refractivity contribution >= 4 is 56.9 Å². The Morgan fingerprint density at radius 2 is 1.80 bits per heavy atom. The lowest BCUT2D eigenvalue weighted by Gasteiger charge is -2.25. The third-order valence-corrected chi connectivity index (χ3v) is 9.14. The van der Waals surface area contributed by atoms with Crippen LogP contribution in [0.25, 0.3) is 6.08 Å². The zero-order valence-electron chi connectivity index (χ0n) is 26.9. The molecule has 4 aromatic rings. The van der Waals surface area contributed by atoms with Crippen molar-refractivity contribution in [3.8, 4) is 17.2 Å². The number of thiazole rings is 1. The largest absolute Gasteiger partial charge is 0.490 e. The third kappa shape index (κ3) is 8.06. The summed E-state index contributed by atoms with van der Waals surface area (Å²) in [5, 5.41) is 0.298. The van der Waals surface area contributed by atoms with Gasteiger partial charge in [-0.2, -0.15) is 0 Å². The van der Waals surface area contributed by atoms with Crippen LogP contribution in [0.2, 0.25) is 5.02 Å². The normalized spacial score (nSPS) is 14.2. The number of carbonyl (C=O) groups excluding carboxylic acids is 2. The minimum Gasteiger partial charge on any atom is -0.490 e. The second-order valence-corrected chi connectivity index (χ2v) is 12.8. The molecule has 0 amide bonds. The highest BCUT2D eigenvalue weighted by Gasteiger charge is 2.34. The summed E-state index contributed by atoms with van der Waals surface area (Å²) in [6.45, 7) is 5.42. The maximum atomic E-state index is 14.1. The second kappa shape index (κ2) is 15.8. The van der Waals surface area contributed by atoms with Crippen LogP contribution in [0.5, 0.6) is 17.2 Å². The van der Waals surface area contributed by atoms with Crippen molar-refractivity contribution in [2.75, 3.05) is 26.9 Å². The van der Waals surface area contributed by atoms with Gasteiger partial charge in [-0.3, -0.25) is 9.36 Å². The molecule has 1 aliphatic heterocycles. The van der Waals surface area contributed by atoms with Gasteiger partial charge in [0.15, 0.2) is 28.7 Å². The van der Waals surface area contributed by atoms with Crippen LogP contribution < -0.4 is 29.1 Å². The molecule has 3 aromatic carbocycles. The quantitative estimate of drug-likeness (QED) is 0.164. The van der Waals surface area contributed by atoms with E-state index in [0.29, 0.717) is 47.2 Å². The number of esters is 2. The van der Waals surface area contributed by atoms with Crippen molar-refractivity contribution in [2.45, 2.75) is 33.4 Å². The molecule has 14 heteroatoms. The van der Waals surface area contributed by atoms with E-state index in [1.165, 1.54) is 23.8 Å². The molecule has 5 rings (SSSR count). The molecule has 49 heavy (non-hydrogen) atoms. The molecule has 256 valence electrons. The Bertz CT molecular complexity index is 2090. The maximum absolute atomic E-state index is 14.1. The number of fused-ring (bicyclic) bond motifs is 1. The molecule has 0 N–H and O–H groups in total. The molecular formula is C35H31BrClFN2O8S. The fraction of sp³-hybridized carbons (Fsp3) is 0.257. The van der Waals surface area contributed by atoms with Crippen LogP contribution in [0.4, 0.5) is 4.39 Å². The summed E-state index contributed by atoms with van der Waals surface area (Å²) in [6.07, 6.45) is 1.68. The van der Waals surface area contributed by atoms with Crippen LogP contribution in [0, 0.1) is 5.82 Å². The summed E-state index contributed by atoms with van der Waals surface area (Å²) in [5.74, 6) is -0.532. The maximum Gasteiger partial charge on any atom is 0.343 e. The van der Waals surface area contributed by atoms with Crippen molar-refractivity contribution in [1.29, 1.82) is 0 Å². The van der Waals surface area contributed by atoms with E-state index in [1.54, 1.807) is 69.3 Å². The van der Waals surface area contributed by atoms with Gasteiger partial charge in [0, 0.05) is 0 Å². The molecule has 0 unspecified atom stereocenters. The first kappa shape index (κ1) is 35.8. The Morgan fingerprint density at radius 3 is 2.47 bits per heavy atom. The molecule has 0 spiro atoms. The molecular weight excluding hydrogens is 743 g/mol. The fourth-order valence-electron chi connectivity index (χ4n) is 5.07. The lowest BCUT2D eigenvalue weighted by atomic mass is 9.95. The molecule has 1 aromatic heterocycles. The summed E-state index contributed by atoms with van der Waals surface area (Å²) in [6, 6.07) is 13.4. The first-order valence-electron chi connectivity index (χ1n) is 15.1. The number of allylic oxidation sites excluding steroid dienone is 1. The van der Waals surface area contributed by atoms with E-state index in [1.807, 2.05) is 0 Å². The number of aromatic nitrogens is 1. The van der Waals surface area contributed by atoms with Gasteiger partial charge in [0.05, 0.1) is 51.7 Å². The van der Waals surface area contributed by atoms with Gasteiger partial charge in [0.1, 0.15) is 12.4 Å². The number of methoxy groups -OCH3 is 1. The highest BCUT2D eigenvalue weighted by atomic mass is 79.9. The van der Waals surface area contributed by atoms with E-state index >= 15 is 0 Å². The van der Waals surface area contributed by atoms with E-state index < -0.39 is 23.5 Å². The zero-order valence-corrected chi connectivity index (χ0v) is 30.0. The number of hydrogen-bond donors (Lipinski definition) is 0. The van der Waals surface area contributed by atoms with E-state index in [0.717, 1.165) is 16.9 Å². The zero-order chi connectivity index (χ0) is 35.2. The van der Waals surface area contributed by atoms with Crippen molar-refractivity contribution in [3.63, 3.8) is 0 Å². The molecule has 2 heterocycles. The summed E-state index contributed by atoms with van der Waals surface area (Å²) in [7, 11) is 1.26. The van der Waals surface area contributed by atoms with E-state index in [9.17, 15) is 18.8 Å². The number of hydrogen-bond acceptors (Lipinski definition) is 10. The van der Waals surface area contributed by atoms with Crippen LogP contribution >= 0.6 is 38.9 Å². The third-order valence-electron chi connectivity index (χ3n) is 7.29. The lowest BCUT2D eigenvalue weighted by Crippen LogP contribution is -2.40. The number of nitrogens with zero attached hydrogens (tertiary/aromatic N) is 2. The lowest BCUT2D eigenvalue weighted by molar-refractivity contribution is -0.143. The van der Waals surface area contributed by atoms with E-state index in [-0.39, 0.29) is 43.6 Å². The van der Waals surface area contributed by atoms with Crippen molar-refractivity contribution in [3.05, 3.63) is 118 Å². The highest BCUT2D eigenvalue weighted by Crippen LogP contribution is 2.37. The molecule has 1 aliphatic rings. The average Bonchev–Trinajstić information content (AvgIpc) is 3.37. The standard InChI is InChI=1S/C35H31BrClFN2O8S/c1-5-45-27-16-22(9-12-26(27)47-18-29(41)44-4)31-30(34(43)46-6-2)19(3)39-35-40(31)33(42)28(49-35)15-21-13-24(36)32(25(37)14-21)48-17-20-7-10-23(38)11-8-20/h7-16,31H,5-6,17-18H2,1-4H3/b28-15-/t31-/m1/s1. The summed E-state index contributed by atoms with van der Waals surface area (Å²) < 4.78 is 43.0. The Kier molecular flexibility index (Phi) is 11.6. The summed E-state index contributed by atoms with van der Waals surface area (Å²) in [5.41, 5.74) is 2.11. The second-order valence-electron chi connectivity index (χ2n) is 10.5. The van der Waals surface area contributed by atoms with Crippen molar-refractivity contribution < 1.29 is 37.7 Å². The van der Waals surface area contributed by atoms with Gasteiger partial charge in [0.2, 0.25) is 0 Å². The van der Waals surface area contributed by atoms with E-state index in [4.69, 9.17) is 30.5 Å². The Morgan fingerprint density at radius 1 is 1.04 bits per heavy atom. The summed E-state index contributed by atoms with van der Waals surface area (Å²) >= 11 is 11.3. The molecule has 10 nitrogen and oxygen atoms in total. The smallest absolute Gasteiger partial charge is 0.343 e. The van der Waals surface area contributed by atoms with E-state index in [2.05, 4.69) is 25.7 Å². The van der Waals surface area contributed by atoms with Crippen molar-refractivity contribution in [2.24, 2.45) is 4.99 Å². The fourth-order valence-corrected chi connectivity index (χ4v) is 7.11. The predicted molar refractivity (Wildman–Crippen MR) is 185 cm³/mol. The average molecular weight is 774 g/mol. The van der Waals surface area contributed by atoms with Gasteiger partial charge in [-0.25, -0.2) is 19.0 Å². The van der Waals surface area contributed by atoms with Gasteiger partial charge in [0.25, 0.3) is 5.56 Å². The van der Waals surface area contributed by atoms with Crippen LogP contribution in [0.15, 0.2) is 80.1 Å². The number of ether oxygens (including phenoxy) is 5. The molecule has 0 saturated carbocycles. The van der Waals surface area contributed by atoms with Crippen molar-refractivity contribution in [1.82, 2.24) is 4.57 Å². The monoisotopic (exact) mass is 772 g/mol. The minimum absolute atomic E-state index is 0.122. The molecule has 0 saturated heterocycles. The minimum atomic E-state index is -0.913. The van der Waals surface area contributed by atoms with Crippen LogP contribution in [-0.2, 0) is 25.7 Å². The number of carbonyl (C=O) groups is 2. The highest BCUT2D eigenvalue weighted by molar-refractivity contribution is 9.10. The van der Waals surface area contributed by atoms with Gasteiger partial charge >= 0.3 is 11.9 Å². The van der Waals surface area contributed by atoms with Crippen LogP contribution in [0.1, 0.15) is 43.5 Å². The molecule has 0 aliphatic carbocycles. The van der Waals surface area contributed by atoms with Gasteiger partial charge in [-0.1, -0.05) is 41.1 Å². The molecule has 0 bridgehead atoms. The SMILES string of the molecule is CCOC(=O)C1=C(C)N=c2s/c(=C\c3cc(Cl)c(OCc4ccc(F)cc4)c(Br)c3)c(=O)n2[C@@H]1c1ccc(OCC(=O)OC)c(OCC)c1. The van der Waals surface area contributed by atoms with Crippen LogP contribution in [0.3, 0.4) is 0 Å². The summed E-state index contributed by atoms with van der Waals surface area (Å²) in [4.78, 5) is 44.2. The molecule has 0 radical (unpaired) electrons.